The molecule has 1 aromatic heterocycles. The number of hydrogen-bond donors (Lipinski definition) is 0. The molecule has 156 valence electrons. The molecule has 0 aliphatic heterocycles. The Balaban J connectivity index is 1.64. The van der Waals surface area contributed by atoms with Gasteiger partial charge in [0.15, 0.2) is 6.61 Å². The molecule has 0 N–H and O–H groups in total. The lowest BCUT2D eigenvalue weighted by molar-refractivity contribution is -0.133. The molecular formula is C23H25N3O4. The van der Waals surface area contributed by atoms with E-state index in [1.807, 2.05) is 54.6 Å². The van der Waals surface area contributed by atoms with Crippen LogP contribution < -0.4 is 4.74 Å². The summed E-state index contributed by atoms with van der Waals surface area (Å²) in [7, 11) is 3.26. The predicted octanol–water partition coefficient (Wildman–Crippen LogP) is 3.31. The van der Waals surface area contributed by atoms with E-state index < -0.39 is 5.97 Å². The van der Waals surface area contributed by atoms with E-state index in [-0.39, 0.29) is 12.5 Å². The second-order valence-corrected chi connectivity index (χ2v) is 6.97. The van der Waals surface area contributed by atoms with Crippen LogP contribution in [-0.4, -0.2) is 47.3 Å². The number of carbonyl (C=O) groups excluding carboxylic acids is 2. The van der Waals surface area contributed by atoms with E-state index in [4.69, 9.17) is 9.47 Å². The lowest BCUT2D eigenvalue weighted by atomic mass is 10.2. The van der Waals surface area contributed by atoms with Crippen LogP contribution >= 0.6 is 0 Å². The Morgan fingerprint density at radius 2 is 1.80 bits per heavy atom. The Labute approximate surface area is 175 Å². The Hall–Kier alpha value is -3.61. The maximum atomic E-state index is 12.6. The standard InChI is InChI=1S/C23H25N3O4/c1-16-22(17(2)26(24-16)19-10-6-5-7-11-19)23(28)30-15-21(27)25(3)14-18-9-8-12-20(13-18)29-4/h5-13H,14-15H2,1-4H3. The molecule has 0 radical (unpaired) electrons. The number of para-hydroxylation sites is 1. The van der Waals surface area contributed by atoms with Crippen LogP contribution in [0.1, 0.15) is 27.3 Å². The van der Waals surface area contributed by atoms with Crippen molar-refractivity contribution in [1.29, 1.82) is 0 Å². The Morgan fingerprint density at radius 1 is 1.07 bits per heavy atom. The molecule has 7 nitrogen and oxygen atoms in total. The van der Waals surface area contributed by atoms with E-state index in [0.717, 1.165) is 17.0 Å². The number of ether oxygens (including phenoxy) is 2. The van der Waals surface area contributed by atoms with Gasteiger partial charge in [-0.1, -0.05) is 30.3 Å². The molecule has 0 aliphatic carbocycles. The van der Waals surface area contributed by atoms with Crippen molar-refractivity contribution in [2.45, 2.75) is 20.4 Å². The van der Waals surface area contributed by atoms with Gasteiger partial charge in [0.25, 0.3) is 5.91 Å². The minimum Gasteiger partial charge on any atom is -0.497 e. The van der Waals surface area contributed by atoms with Crippen molar-refractivity contribution in [3.05, 3.63) is 77.1 Å². The van der Waals surface area contributed by atoms with Crippen LogP contribution in [0.2, 0.25) is 0 Å². The summed E-state index contributed by atoms with van der Waals surface area (Å²) in [5, 5.41) is 4.44. The zero-order valence-corrected chi connectivity index (χ0v) is 17.6. The van der Waals surface area contributed by atoms with Crippen LogP contribution in [-0.2, 0) is 16.1 Å². The van der Waals surface area contributed by atoms with E-state index in [2.05, 4.69) is 5.10 Å². The lowest BCUT2D eigenvalue weighted by Crippen LogP contribution is -2.31. The van der Waals surface area contributed by atoms with Crippen molar-refractivity contribution in [3.63, 3.8) is 0 Å². The smallest absolute Gasteiger partial charge is 0.342 e. The van der Waals surface area contributed by atoms with Gasteiger partial charge < -0.3 is 14.4 Å². The highest BCUT2D eigenvalue weighted by atomic mass is 16.5. The number of amides is 1. The molecular weight excluding hydrogens is 382 g/mol. The van der Waals surface area contributed by atoms with E-state index in [9.17, 15) is 9.59 Å². The van der Waals surface area contributed by atoms with Gasteiger partial charge in [-0.05, 0) is 43.7 Å². The number of nitrogens with zero attached hydrogens (tertiary/aromatic N) is 3. The number of hydrogen-bond acceptors (Lipinski definition) is 5. The second-order valence-electron chi connectivity index (χ2n) is 6.97. The van der Waals surface area contributed by atoms with Crippen molar-refractivity contribution < 1.29 is 19.1 Å². The van der Waals surface area contributed by atoms with Gasteiger partial charge in [-0.3, -0.25) is 4.79 Å². The molecule has 0 unspecified atom stereocenters. The number of rotatable bonds is 7. The molecule has 2 aromatic carbocycles. The van der Waals surface area contributed by atoms with E-state index in [0.29, 0.717) is 23.5 Å². The van der Waals surface area contributed by atoms with Crippen molar-refractivity contribution in [2.24, 2.45) is 0 Å². The fourth-order valence-electron chi connectivity index (χ4n) is 3.20. The van der Waals surface area contributed by atoms with Crippen molar-refractivity contribution in [1.82, 2.24) is 14.7 Å². The molecule has 1 amide bonds. The van der Waals surface area contributed by atoms with E-state index in [1.54, 1.807) is 32.7 Å². The number of carbonyl (C=O) groups is 2. The zero-order chi connectivity index (χ0) is 21.7. The largest absolute Gasteiger partial charge is 0.497 e. The summed E-state index contributed by atoms with van der Waals surface area (Å²) >= 11 is 0. The summed E-state index contributed by atoms with van der Waals surface area (Å²) in [6.45, 7) is 3.60. The molecule has 0 fully saturated rings. The van der Waals surface area contributed by atoms with Crippen molar-refractivity contribution in [3.8, 4) is 11.4 Å². The van der Waals surface area contributed by atoms with Crippen LogP contribution in [0.15, 0.2) is 54.6 Å². The van der Waals surface area contributed by atoms with Crippen LogP contribution in [0, 0.1) is 13.8 Å². The lowest BCUT2D eigenvalue weighted by Gasteiger charge is -2.17. The highest BCUT2D eigenvalue weighted by Crippen LogP contribution is 2.19. The average Bonchev–Trinajstić information content (AvgIpc) is 3.06. The summed E-state index contributed by atoms with van der Waals surface area (Å²) in [5.41, 5.74) is 3.38. The summed E-state index contributed by atoms with van der Waals surface area (Å²) in [4.78, 5) is 26.6. The van der Waals surface area contributed by atoms with Crippen molar-refractivity contribution >= 4 is 11.9 Å². The molecule has 30 heavy (non-hydrogen) atoms. The molecule has 3 aromatic rings. The Kier molecular flexibility index (Phi) is 6.51. The summed E-state index contributed by atoms with van der Waals surface area (Å²) in [5.74, 6) is -0.131. The molecule has 1 heterocycles. The zero-order valence-electron chi connectivity index (χ0n) is 17.6. The Morgan fingerprint density at radius 3 is 2.50 bits per heavy atom. The minimum absolute atomic E-state index is 0.295. The highest BCUT2D eigenvalue weighted by Gasteiger charge is 2.22. The van der Waals surface area contributed by atoms with E-state index >= 15 is 0 Å². The van der Waals surface area contributed by atoms with Crippen LogP contribution in [0.3, 0.4) is 0 Å². The number of esters is 1. The van der Waals surface area contributed by atoms with Gasteiger partial charge >= 0.3 is 5.97 Å². The third kappa shape index (κ3) is 4.68. The molecule has 0 aliphatic rings. The van der Waals surface area contributed by atoms with Gasteiger partial charge in [-0.25, -0.2) is 9.48 Å². The van der Waals surface area contributed by atoms with Gasteiger partial charge in [0, 0.05) is 13.6 Å². The third-order valence-corrected chi connectivity index (χ3v) is 4.80. The topological polar surface area (TPSA) is 73.7 Å². The molecule has 0 saturated heterocycles. The number of methoxy groups -OCH3 is 1. The fourth-order valence-corrected chi connectivity index (χ4v) is 3.20. The average molecular weight is 407 g/mol. The molecule has 0 saturated carbocycles. The number of benzene rings is 2. The first-order valence-electron chi connectivity index (χ1n) is 9.56. The quantitative estimate of drug-likeness (QED) is 0.562. The fraction of sp³-hybridized carbons (Fsp3) is 0.261. The number of likely N-dealkylation sites (N-methyl/N-ethyl adjacent to an activating group) is 1. The summed E-state index contributed by atoms with van der Waals surface area (Å²) in [6.07, 6.45) is 0. The van der Waals surface area contributed by atoms with Crippen LogP contribution in [0.25, 0.3) is 5.69 Å². The van der Waals surface area contributed by atoms with Gasteiger partial charge in [0.2, 0.25) is 0 Å². The monoisotopic (exact) mass is 407 g/mol. The Bertz CT molecular complexity index is 1040. The van der Waals surface area contributed by atoms with Gasteiger partial charge in [-0.2, -0.15) is 5.10 Å². The third-order valence-electron chi connectivity index (χ3n) is 4.80. The molecule has 0 atom stereocenters. The summed E-state index contributed by atoms with van der Waals surface area (Å²) < 4.78 is 12.2. The van der Waals surface area contributed by atoms with Crippen LogP contribution in [0.4, 0.5) is 0 Å². The highest BCUT2D eigenvalue weighted by molar-refractivity contribution is 5.93. The normalized spacial score (nSPS) is 10.5. The molecule has 3 rings (SSSR count). The second kappa shape index (κ2) is 9.26. The first kappa shape index (κ1) is 21.1. The first-order valence-corrected chi connectivity index (χ1v) is 9.56. The molecule has 0 bridgehead atoms. The predicted molar refractivity (Wildman–Crippen MR) is 113 cm³/mol. The molecule has 0 spiro atoms. The number of aromatic nitrogens is 2. The SMILES string of the molecule is COc1cccc(CN(C)C(=O)COC(=O)c2c(C)nn(-c3ccccc3)c2C)c1. The maximum Gasteiger partial charge on any atom is 0.342 e. The summed E-state index contributed by atoms with van der Waals surface area (Å²) in [6, 6.07) is 17.0. The first-order chi connectivity index (χ1) is 14.4. The van der Waals surface area contributed by atoms with Crippen LogP contribution in [0.5, 0.6) is 5.75 Å². The van der Waals surface area contributed by atoms with Crippen molar-refractivity contribution in [2.75, 3.05) is 20.8 Å². The minimum atomic E-state index is -0.560. The number of aryl methyl sites for hydroxylation is 1. The maximum absolute atomic E-state index is 12.6. The van der Waals surface area contributed by atoms with E-state index in [1.165, 1.54) is 4.90 Å². The van der Waals surface area contributed by atoms with Gasteiger partial charge in [0.1, 0.15) is 11.3 Å². The molecule has 7 heteroatoms. The van der Waals surface area contributed by atoms with Gasteiger partial charge in [-0.15, -0.1) is 0 Å². The van der Waals surface area contributed by atoms with Gasteiger partial charge in [0.05, 0.1) is 24.2 Å².